The fourth-order valence-electron chi connectivity index (χ4n) is 0.745. The average Bonchev–Trinajstić information content (AvgIpc) is 2.16. The van der Waals surface area contributed by atoms with Crippen LogP contribution in [0, 0.1) is 0 Å². The average molecular weight is 199 g/mol. The van der Waals surface area contributed by atoms with Gasteiger partial charge in [-0.05, 0) is 26.0 Å². The molecule has 80 valence electrons. The molecule has 0 atom stereocenters. The normalized spacial score (nSPS) is 9.00. The summed E-state index contributed by atoms with van der Waals surface area (Å²) in [5, 5.41) is 17.6. The predicted molar refractivity (Wildman–Crippen MR) is 56.4 cm³/mol. The van der Waals surface area contributed by atoms with Crippen LogP contribution in [0.15, 0.2) is 18.2 Å². The Morgan fingerprint density at radius 3 is 1.79 bits per heavy atom. The van der Waals surface area contributed by atoms with Crippen molar-refractivity contribution in [3.05, 3.63) is 18.2 Å². The van der Waals surface area contributed by atoms with Crippen molar-refractivity contribution in [1.82, 2.24) is 0 Å². The molecule has 1 aromatic rings. The summed E-state index contributed by atoms with van der Waals surface area (Å²) in [5.74, 6) is -0.176. The van der Waals surface area contributed by atoms with E-state index in [0.717, 1.165) is 13.2 Å². The van der Waals surface area contributed by atoms with E-state index in [1.165, 1.54) is 18.2 Å². The number of hydrogen-bond donors (Lipinski definition) is 3. The molecule has 4 nitrogen and oxygen atoms in total. The van der Waals surface area contributed by atoms with Crippen LogP contribution < -0.4 is 5.73 Å². The third kappa shape index (κ3) is 4.57. The number of phenolic OH excluding ortho intramolecular Hbond substituents is 2. The Morgan fingerprint density at radius 2 is 1.57 bits per heavy atom. The van der Waals surface area contributed by atoms with E-state index in [0.29, 0.717) is 0 Å². The van der Waals surface area contributed by atoms with Gasteiger partial charge in [0.05, 0.1) is 0 Å². The van der Waals surface area contributed by atoms with E-state index >= 15 is 0 Å². The number of para-hydroxylation sites is 1. The fourth-order valence-corrected chi connectivity index (χ4v) is 0.745. The van der Waals surface area contributed by atoms with Crippen molar-refractivity contribution in [3.63, 3.8) is 0 Å². The summed E-state index contributed by atoms with van der Waals surface area (Å²) < 4.78 is 4.83. The molecule has 0 aliphatic carbocycles. The Labute approximate surface area is 83.9 Å². The maximum Gasteiger partial charge on any atom is 0.142 e. The first-order valence-electron chi connectivity index (χ1n) is 4.47. The molecular formula is C10H17NO3. The second-order valence-corrected chi connectivity index (χ2v) is 2.49. The number of hydrogen-bond acceptors (Lipinski definition) is 4. The SMILES string of the molecule is CCOCC.Nc1c(O)cccc1O. The minimum Gasteiger partial charge on any atom is -0.506 e. The molecule has 0 heterocycles. The molecule has 0 amide bonds. The topological polar surface area (TPSA) is 75.7 Å². The molecule has 1 aromatic carbocycles. The smallest absolute Gasteiger partial charge is 0.142 e. The van der Waals surface area contributed by atoms with E-state index < -0.39 is 0 Å². The molecule has 0 unspecified atom stereocenters. The quantitative estimate of drug-likeness (QED) is 0.500. The van der Waals surface area contributed by atoms with Crippen molar-refractivity contribution < 1.29 is 14.9 Å². The summed E-state index contributed by atoms with van der Waals surface area (Å²) in [6.45, 7) is 5.67. The lowest BCUT2D eigenvalue weighted by Gasteiger charge is -1.98. The van der Waals surface area contributed by atoms with Gasteiger partial charge < -0.3 is 20.7 Å². The highest BCUT2D eigenvalue weighted by Crippen LogP contribution is 2.27. The van der Waals surface area contributed by atoms with Crippen LogP contribution in [0.2, 0.25) is 0 Å². The van der Waals surface area contributed by atoms with Gasteiger partial charge in [-0.25, -0.2) is 0 Å². The van der Waals surface area contributed by atoms with Crippen molar-refractivity contribution in [2.24, 2.45) is 0 Å². The second kappa shape index (κ2) is 7.03. The van der Waals surface area contributed by atoms with E-state index in [4.69, 9.17) is 20.7 Å². The fraction of sp³-hybridized carbons (Fsp3) is 0.400. The third-order valence-corrected chi connectivity index (χ3v) is 1.47. The molecule has 14 heavy (non-hydrogen) atoms. The van der Waals surface area contributed by atoms with Crippen molar-refractivity contribution >= 4 is 5.69 Å². The predicted octanol–water partition coefficient (Wildman–Crippen LogP) is 1.72. The van der Waals surface area contributed by atoms with Crippen molar-refractivity contribution in [3.8, 4) is 11.5 Å². The summed E-state index contributed by atoms with van der Waals surface area (Å²) in [6, 6.07) is 4.34. The number of anilines is 1. The number of rotatable bonds is 2. The van der Waals surface area contributed by atoms with Crippen LogP contribution in [-0.2, 0) is 4.74 Å². The Morgan fingerprint density at radius 1 is 1.14 bits per heavy atom. The van der Waals surface area contributed by atoms with Crippen LogP contribution in [0.1, 0.15) is 13.8 Å². The van der Waals surface area contributed by atoms with Gasteiger partial charge in [-0.1, -0.05) is 6.07 Å². The molecule has 1 rings (SSSR count). The van der Waals surface area contributed by atoms with Gasteiger partial charge in [0.1, 0.15) is 17.2 Å². The second-order valence-electron chi connectivity index (χ2n) is 2.49. The number of nitrogens with two attached hydrogens (primary N) is 1. The van der Waals surface area contributed by atoms with E-state index in [1.807, 2.05) is 13.8 Å². The minimum absolute atomic E-state index is 0.0255. The highest BCUT2D eigenvalue weighted by molar-refractivity contribution is 5.60. The van der Waals surface area contributed by atoms with Crippen LogP contribution in [0.3, 0.4) is 0 Å². The first-order valence-corrected chi connectivity index (χ1v) is 4.47. The highest BCUT2D eigenvalue weighted by atomic mass is 16.5. The van der Waals surface area contributed by atoms with Gasteiger partial charge in [0.15, 0.2) is 0 Å². The van der Waals surface area contributed by atoms with Gasteiger partial charge in [0.25, 0.3) is 0 Å². The summed E-state index contributed by atoms with van der Waals surface area (Å²) in [4.78, 5) is 0. The first kappa shape index (κ1) is 12.6. The Kier molecular flexibility index (Phi) is 6.32. The highest BCUT2D eigenvalue weighted by Gasteiger charge is 1.98. The molecule has 0 radical (unpaired) electrons. The minimum atomic E-state index is -0.0880. The molecule has 0 spiro atoms. The molecule has 0 bridgehead atoms. The number of phenols is 2. The van der Waals surface area contributed by atoms with Crippen LogP contribution in [0.4, 0.5) is 5.69 Å². The number of nitrogen functional groups attached to an aromatic ring is 1. The first-order chi connectivity index (χ1) is 6.63. The zero-order chi connectivity index (χ0) is 11.0. The molecule has 0 saturated carbocycles. The lowest BCUT2D eigenvalue weighted by Crippen LogP contribution is -1.84. The summed E-state index contributed by atoms with van der Waals surface area (Å²) in [7, 11) is 0. The third-order valence-electron chi connectivity index (χ3n) is 1.47. The van der Waals surface area contributed by atoms with E-state index in [1.54, 1.807) is 0 Å². The van der Waals surface area contributed by atoms with Crippen LogP contribution >= 0.6 is 0 Å². The van der Waals surface area contributed by atoms with Gasteiger partial charge in [0, 0.05) is 13.2 Å². The largest absolute Gasteiger partial charge is 0.506 e. The summed E-state index contributed by atoms with van der Waals surface area (Å²) in [6.07, 6.45) is 0. The summed E-state index contributed by atoms with van der Waals surface area (Å²) >= 11 is 0. The monoisotopic (exact) mass is 199 g/mol. The number of benzene rings is 1. The lowest BCUT2D eigenvalue weighted by atomic mass is 10.3. The van der Waals surface area contributed by atoms with Gasteiger partial charge in [-0.3, -0.25) is 0 Å². The van der Waals surface area contributed by atoms with Crippen LogP contribution in [-0.4, -0.2) is 23.4 Å². The molecule has 0 aliphatic heterocycles. The van der Waals surface area contributed by atoms with Crippen LogP contribution in [0.25, 0.3) is 0 Å². The zero-order valence-corrected chi connectivity index (χ0v) is 8.53. The van der Waals surface area contributed by atoms with E-state index in [9.17, 15) is 0 Å². The molecule has 0 fully saturated rings. The van der Waals surface area contributed by atoms with Crippen molar-refractivity contribution in [1.29, 1.82) is 0 Å². The molecule has 4 heteroatoms. The van der Waals surface area contributed by atoms with Crippen molar-refractivity contribution in [2.45, 2.75) is 13.8 Å². The van der Waals surface area contributed by atoms with Gasteiger partial charge in [-0.2, -0.15) is 0 Å². The maximum absolute atomic E-state index is 8.82. The van der Waals surface area contributed by atoms with Gasteiger partial charge in [-0.15, -0.1) is 0 Å². The lowest BCUT2D eigenvalue weighted by molar-refractivity contribution is 0.162. The number of ether oxygens (including phenoxy) is 1. The number of aromatic hydroxyl groups is 2. The molecule has 4 N–H and O–H groups in total. The van der Waals surface area contributed by atoms with Crippen LogP contribution in [0.5, 0.6) is 11.5 Å². The van der Waals surface area contributed by atoms with E-state index in [-0.39, 0.29) is 17.2 Å². The zero-order valence-electron chi connectivity index (χ0n) is 8.53. The maximum atomic E-state index is 8.82. The van der Waals surface area contributed by atoms with Gasteiger partial charge in [0.2, 0.25) is 0 Å². The molecule has 0 saturated heterocycles. The van der Waals surface area contributed by atoms with Gasteiger partial charge >= 0.3 is 0 Å². The molecule has 0 aromatic heterocycles. The Hall–Kier alpha value is -1.42. The standard InChI is InChI=1S/C6H7NO2.C4H10O/c7-6-4(8)2-1-3-5(6)9;1-3-5-4-2/h1-3,8-9H,7H2;3-4H2,1-2H3. The van der Waals surface area contributed by atoms with Crippen molar-refractivity contribution in [2.75, 3.05) is 18.9 Å². The summed E-state index contributed by atoms with van der Waals surface area (Å²) in [5.41, 5.74) is 5.21. The Balaban J connectivity index is 0.000000292. The molecule has 0 aliphatic rings. The van der Waals surface area contributed by atoms with E-state index in [2.05, 4.69) is 0 Å². The molecular weight excluding hydrogens is 182 g/mol. The Bertz CT molecular complexity index is 241.